The molecule has 1 atom stereocenters. The Labute approximate surface area is 311 Å². The molecule has 3 amide bonds. The Morgan fingerprint density at radius 1 is 0.865 bits per heavy atom. The van der Waals surface area contributed by atoms with Crippen molar-refractivity contribution < 1.29 is 23.9 Å². The summed E-state index contributed by atoms with van der Waals surface area (Å²) in [7, 11) is 0. The van der Waals surface area contributed by atoms with Gasteiger partial charge in [-0.1, -0.05) is 85.8 Å². The van der Waals surface area contributed by atoms with Gasteiger partial charge >= 0.3 is 5.97 Å². The minimum Gasteiger partial charge on any atom is -0.462 e. The highest BCUT2D eigenvalue weighted by Gasteiger charge is 2.29. The van der Waals surface area contributed by atoms with Gasteiger partial charge in [-0.25, -0.2) is 4.79 Å². The van der Waals surface area contributed by atoms with Crippen molar-refractivity contribution >= 4 is 63.6 Å². The normalized spacial score (nSPS) is 13.8. The van der Waals surface area contributed by atoms with Crippen LogP contribution in [0.15, 0.2) is 120 Å². The Morgan fingerprint density at radius 2 is 1.58 bits per heavy atom. The minimum absolute atomic E-state index is 0.0733. The number of rotatable bonds is 12. The molecule has 3 N–H and O–H groups in total. The number of anilines is 2. The van der Waals surface area contributed by atoms with Gasteiger partial charge in [0.2, 0.25) is 5.91 Å². The lowest BCUT2D eigenvalue weighted by Gasteiger charge is -2.18. The number of fused-ring (bicyclic) bond motifs is 1. The summed E-state index contributed by atoms with van der Waals surface area (Å²) in [5, 5.41) is 9.19. The van der Waals surface area contributed by atoms with E-state index in [2.05, 4.69) is 22.9 Å². The maximum absolute atomic E-state index is 13.7. The number of benzene rings is 4. The molecule has 0 bridgehead atoms. The number of nitrogens with one attached hydrogen (secondary N) is 3. The van der Waals surface area contributed by atoms with Gasteiger partial charge in [0.1, 0.15) is 10.7 Å². The summed E-state index contributed by atoms with van der Waals surface area (Å²) in [6, 6.07) is 33.6. The first-order valence-electron chi connectivity index (χ1n) is 17.2. The van der Waals surface area contributed by atoms with Gasteiger partial charge in [0, 0.05) is 21.0 Å². The molecule has 0 spiro atoms. The van der Waals surface area contributed by atoms with Crippen molar-refractivity contribution in [3.05, 3.63) is 142 Å². The van der Waals surface area contributed by atoms with Crippen LogP contribution < -0.4 is 16.0 Å². The predicted octanol–water partition coefficient (Wildman–Crippen LogP) is 8.86. The molecule has 0 saturated carbocycles. The molecule has 264 valence electrons. The van der Waals surface area contributed by atoms with Gasteiger partial charge < -0.3 is 20.7 Å². The summed E-state index contributed by atoms with van der Waals surface area (Å²) < 4.78 is 5.34. The van der Waals surface area contributed by atoms with Crippen LogP contribution in [0, 0.1) is 5.92 Å². The smallest absolute Gasteiger partial charge is 0.341 e. The van der Waals surface area contributed by atoms with Gasteiger partial charge in [0.15, 0.2) is 0 Å². The Bertz CT molecular complexity index is 2090. The summed E-state index contributed by atoms with van der Waals surface area (Å²) in [6.07, 6.45) is 4.30. The van der Waals surface area contributed by atoms with E-state index in [0.29, 0.717) is 27.7 Å². The lowest BCUT2D eigenvalue weighted by molar-refractivity contribution is -0.114. The van der Waals surface area contributed by atoms with Crippen molar-refractivity contribution in [2.45, 2.75) is 38.0 Å². The van der Waals surface area contributed by atoms with Crippen molar-refractivity contribution in [1.82, 2.24) is 5.32 Å². The summed E-state index contributed by atoms with van der Waals surface area (Å²) in [5.41, 5.74) is 5.31. The third kappa shape index (κ3) is 9.25. The second-order valence-electron chi connectivity index (χ2n) is 12.5. The quantitative estimate of drug-likeness (QED) is 0.0672. The van der Waals surface area contributed by atoms with E-state index in [1.54, 1.807) is 55.5 Å². The van der Waals surface area contributed by atoms with E-state index >= 15 is 0 Å². The molecule has 4 aromatic carbocycles. The highest BCUT2D eigenvalue weighted by atomic mass is 32.2. The number of hydrogen-bond donors (Lipinski definition) is 3. The Morgan fingerprint density at radius 3 is 2.31 bits per heavy atom. The van der Waals surface area contributed by atoms with Crippen molar-refractivity contribution in [2.75, 3.05) is 23.0 Å². The number of carbonyl (C=O) groups excluding carboxylic acids is 4. The number of esters is 1. The number of ether oxygens (including phenoxy) is 1. The van der Waals surface area contributed by atoms with Crippen molar-refractivity contribution in [2.24, 2.45) is 5.92 Å². The van der Waals surface area contributed by atoms with Crippen LogP contribution >= 0.6 is 23.1 Å². The first-order chi connectivity index (χ1) is 25.3. The zero-order valence-corrected chi connectivity index (χ0v) is 30.6. The highest BCUT2D eigenvalue weighted by Crippen LogP contribution is 2.40. The van der Waals surface area contributed by atoms with Crippen LogP contribution in [0.3, 0.4) is 0 Å². The van der Waals surface area contributed by atoms with Crippen LogP contribution in [0.25, 0.3) is 17.2 Å². The van der Waals surface area contributed by atoms with Crippen LogP contribution in [0.4, 0.5) is 10.7 Å². The van der Waals surface area contributed by atoms with E-state index in [-0.39, 0.29) is 24.0 Å². The Balaban J connectivity index is 1.14. The summed E-state index contributed by atoms with van der Waals surface area (Å²) >= 11 is 2.77. The number of hydrogen-bond acceptors (Lipinski definition) is 7. The van der Waals surface area contributed by atoms with Crippen LogP contribution in [0.5, 0.6) is 0 Å². The molecular weight excluding hydrogens is 691 g/mol. The highest BCUT2D eigenvalue weighted by molar-refractivity contribution is 8.00. The molecule has 1 unspecified atom stereocenters. The van der Waals surface area contributed by atoms with E-state index in [9.17, 15) is 19.2 Å². The summed E-state index contributed by atoms with van der Waals surface area (Å²) in [5.74, 6) is -0.951. The first kappa shape index (κ1) is 36.3. The lowest BCUT2D eigenvalue weighted by atomic mass is 9.88. The molecule has 1 aromatic heterocycles. The van der Waals surface area contributed by atoms with Gasteiger partial charge in [0.05, 0.1) is 17.9 Å². The molecular formula is C42H39N3O5S2. The van der Waals surface area contributed by atoms with Crippen molar-refractivity contribution in [1.29, 1.82) is 0 Å². The van der Waals surface area contributed by atoms with E-state index in [1.807, 2.05) is 66.7 Å². The zero-order valence-electron chi connectivity index (χ0n) is 28.9. The van der Waals surface area contributed by atoms with Crippen LogP contribution in [0.1, 0.15) is 57.0 Å². The van der Waals surface area contributed by atoms with Crippen LogP contribution in [-0.4, -0.2) is 36.1 Å². The monoisotopic (exact) mass is 729 g/mol. The molecule has 0 saturated heterocycles. The fourth-order valence-corrected chi connectivity index (χ4v) is 8.11. The van der Waals surface area contributed by atoms with Crippen LogP contribution in [-0.2, 0) is 27.2 Å². The fourth-order valence-electron chi connectivity index (χ4n) is 5.94. The number of thioether (sulfide) groups is 1. The molecule has 8 nitrogen and oxygen atoms in total. The average molecular weight is 730 g/mol. The molecule has 6 rings (SSSR count). The number of thiophene rings is 1. The van der Waals surface area contributed by atoms with Gasteiger partial charge in [-0.05, 0) is 90.8 Å². The topological polar surface area (TPSA) is 114 Å². The zero-order chi connectivity index (χ0) is 36.5. The maximum Gasteiger partial charge on any atom is 0.341 e. The largest absolute Gasteiger partial charge is 0.462 e. The van der Waals surface area contributed by atoms with Gasteiger partial charge in [-0.3, -0.25) is 14.4 Å². The Hall–Kier alpha value is -5.45. The van der Waals surface area contributed by atoms with Crippen molar-refractivity contribution in [3.63, 3.8) is 0 Å². The first-order valence-corrected chi connectivity index (χ1v) is 19.0. The molecule has 1 aliphatic rings. The van der Waals surface area contributed by atoms with Gasteiger partial charge in [-0.2, -0.15) is 0 Å². The summed E-state index contributed by atoms with van der Waals surface area (Å²) in [4.78, 5) is 54.7. The third-order valence-corrected chi connectivity index (χ3v) is 10.7. The molecule has 0 radical (unpaired) electrons. The van der Waals surface area contributed by atoms with Gasteiger partial charge in [-0.15, -0.1) is 23.1 Å². The molecule has 0 fully saturated rings. The molecule has 10 heteroatoms. The molecule has 1 heterocycles. The van der Waals surface area contributed by atoms with E-state index in [1.165, 1.54) is 23.1 Å². The molecule has 1 aliphatic carbocycles. The van der Waals surface area contributed by atoms with Crippen molar-refractivity contribution in [3.8, 4) is 11.1 Å². The van der Waals surface area contributed by atoms with E-state index in [4.69, 9.17) is 4.74 Å². The molecule has 52 heavy (non-hydrogen) atoms. The molecule has 5 aromatic rings. The second kappa shape index (κ2) is 17.2. The standard InChI is InChI=1S/C42H39N3O5S2/c1-3-50-42(49)38-34-22-17-27(2)23-36(34)52-41(38)45-37(46)26-51-33-16-10-15-32(25-33)43-40(48)35(44-39(47)31-13-8-5-9-14-31)24-28-18-20-30(21-19-28)29-11-6-4-7-12-29/h4-16,18-21,24-25,27H,3,17,22-23,26H2,1-2H3,(H,43,48)(H,44,47)(H,45,46)/b35-24+. The van der Waals surface area contributed by atoms with Gasteiger partial charge in [0.25, 0.3) is 11.8 Å². The fraction of sp³-hybridized carbons (Fsp3) is 0.190. The average Bonchev–Trinajstić information content (AvgIpc) is 3.51. The lowest BCUT2D eigenvalue weighted by Crippen LogP contribution is -2.30. The maximum atomic E-state index is 13.7. The SMILES string of the molecule is CCOC(=O)c1c(NC(=O)CSc2cccc(NC(=O)/C(=C\c3ccc(-c4ccccc4)cc3)NC(=O)c3ccccc3)c2)sc2c1CCC(C)C2. The Kier molecular flexibility index (Phi) is 12.0. The molecule has 0 aliphatic heterocycles. The van der Waals surface area contributed by atoms with E-state index in [0.717, 1.165) is 51.3 Å². The number of amides is 3. The summed E-state index contributed by atoms with van der Waals surface area (Å²) in [6.45, 7) is 4.22. The predicted molar refractivity (Wildman–Crippen MR) is 210 cm³/mol. The third-order valence-electron chi connectivity index (χ3n) is 8.56. The second-order valence-corrected chi connectivity index (χ2v) is 14.6. The van der Waals surface area contributed by atoms with E-state index < -0.39 is 17.8 Å². The van der Waals surface area contributed by atoms with Crippen LogP contribution in [0.2, 0.25) is 0 Å². The minimum atomic E-state index is -0.501. The number of carbonyl (C=O) groups is 4.